The second kappa shape index (κ2) is 18.1. The van der Waals surface area contributed by atoms with Crippen LogP contribution in [0.3, 0.4) is 0 Å². The number of halogens is 1. The van der Waals surface area contributed by atoms with Gasteiger partial charge in [0.25, 0.3) is 7.63 Å². The maximum Gasteiger partial charge on any atom is 0.882 e. The maximum atomic E-state index is 12.0. The van der Waals surface area contributed by atoms with Crippen molar-refractivity contribution >= 4 is 102 Å². The molecule has 0 amide bonds. The highest BCUT2D eigenvalue weighted by Crippen LogP contribution is 2.36. The molecule has 2 aliphatic rings. The quantitative estimate of drug-likeness (QED) is 0.200. The highest BCUT2D eigenvalue weighted by atomic mass is 35.6. The molecular formula is C18H49Al2ClO17Si7. The van der Waals surface area contributed by atoms with Crippen molar-refractivity contribution in [2.24, 2.45) is 0 Å². The molecule has 0 spiro atoms. The van der Waals surface area contributed by atoms with Crippen molar-refractivity contribution in [2.75, 3.05) is 42.7 Å². The maximum absolute atomic E-state index is 12.0. The second-order valence-electron chi connectivity index (χ2n) is 10.6. The minimum Gasteiger partial charge on any atom is -0.488 e. The molecule has 17 nitrogen and oxygen atoms in total. The van der Waals surface area contributed by atoms with Crippen LogP contribution in [0.2, 0.25) is 37.8 Å². The summed E-state index contributed by atoms with van der Waals surface area (Å²) in [5.41, 5.74) is 0. The first-order chi connectivity index (χ1) is 20.9. The summed E-state index contributed by atoms with van der Waals surface area (Å²) >= 11 is 0.116. The van der Waals surface area contributed by atoms with Gasteiger partial charge in [-0.1, -0.05) is 40.0 Å². The average molecular weight is 824 g/mol. The molecular weight excluding hydrogens is 774 g/mol. The smallest absolute Gasteiger partial charge is 0.488 e. The van der Waals surface area contributed by atoms with Crippen LogP contribution in [0.25, 0.3) is 0 Å². The average Bonchev–Trinajstić information content (AvgIpc) is 2.94. The summed E-state index contributed by atoms with van der Waals surface area (Å²) in [6.07, 6.45) is 2.10. The SMILES string of the molecule is CCC[Si@@]1(C)[O][Al]([O][Si@@](C)(Cl)CCC)[O][Si](OC)(OC)O[Si](OC)(OC)O[Si](OC)(OC)[O][Al]2[O][Si](O)(O1)O[Si@](C)(CCC)[O]2. The zero-order chi connectivity index (χ0) is 34.2. The Bertz CT molecular complexity index is 917. The lowest BCUT2D eigenvalue weighted by molar-refractivity contribution is -0.0412. The molecule has 27 heteroatoms. The second-order valence-corrected chi connectivity index (χ2v) is 37.8. The van der Waals surface area contributed by atoms with E-state index in [0.717, 1.165) is 6.42 Å². The van der Waals surface area contributed by atoms with Crippen LogP contribution in [0.5, 0.6) is 0 Å². The lowest BCUT2D eigenvalue weighted by Crippen LogP contribution is -2.73. The van der Waals surface area contributed by atoms with Crippen molar-refractivity contribution in [3.8, 4) is 0 Å². The molecule has 2 fully saturated rings. The van der Waals surface area contributed by atoms with Crippen LogP contribution in [0, 0.1) is 0 Å². The van der Waals surface area contributed by atoms with Gasteiger partial charge in [-0.25, -0.2) is 0 Å². The Labute approximate surface area is 289 Å². The van der Waals surface area contributed by atoms with Crippen molar-refractivity contribution in [1.29, 1.82) is 0 Å². The Hall–Kier alpha value is 2.19. The Morgan fingerprint density at radius 3 is 1.49 bits per heavy atom. The molecule has 4 atom stereocenters. The zero-order valence-corrected chi connectivity index (χ0v) is 38.3. The summed E-state index contributed by atoms with van der Waals surface area (Å²) in [5, 5.41) is 0. The van der Waals surface area contributed by atoms with Crippen molar-refractivity contribution in [3.05, 3.63) is 0 Å². The van der Waals surface area contributed by atoms with Crippen LogP contribution in [-0.2, 0) is 63.9 Å². The van der Waals surface area contributed by atoms with Crippen LogP contribution >= 0.6 is 11.1 Å². The van der Waals surface area contributed by atoms with Crippen molar-refractivity contribution < 1.29 is 68.7 Å². The third kappa shape index (κ3) is 12.1. The summed E-state index contributed by atoms with van der Waals surface area (Å²) in [4.78, 5) is 12.0. The Kier molecular flexibility index (Phi) is 17.4. The van der Waals surface area contributed by atoms with Gasteiger partial charge in [-0.05, 0) is 37.8 Å². The number of rotatable bonds is 14. The van der Waals surface area contributed by atoms with Gasteiger partial charge >= 0.3 is 83.6 Å². The van der Waals surface area contributed by atoms with Gasteiger partial charge in [0.1, 0.15) is 0 Å². The van der Waals surface area contributed by atoms with Crippen molar-refractivity contribution in [2.45, 2.75) is 77.8 Å². The standard InChI is InChI=1S/C8H21O6Si3.C6H18O10Si3.C4H10ClOSi.2Al/c1-5-7-15(3,9)13-17(11,12)14-16(4,10)8-6-2;1-9-17(7,10-2)15-19(13-5,14-6)16-18(8,11-3)12-4;1-3-4-7(2,5)6;;/h11H,5-8H2,1-4H3;1-6H3;3-4H2,1-2H3;;/q-3;-2;-1;2*+3/t15-,16+,17?;;7-;;/m..1../s1. The fraction of sp³-hybridized carbons (Fsp3) is 1.00. The minimum absolute atomic E-state index is 0.404. The normalized spacial score (nSPS) is 32.1. The van der Waals surface area contributed by atoms with Gasteiger partial charge in [-0.3, -0.25) is 0 Å². The molecule has 0 aromatic heterocycles. The fourth-order valence-electron chi connectivity index (χ4n) is 4.56. The van der Waals surface area contributed by atoms with Crippen LogP contribution in [0.1, 0.15) is 40.0 Å². The van der Waals surface area contributed by atoms with E-state index in [1.54, 1.807) is 13.1 Å². The minimum atomic E-state index is -4.51. The summed E-state index contributed by atoms with van der Waals surface area (Å²) < 4.78 is 97.6. The Morgan fingerprint density at radius 2 is 1.07 bits per heavy atom. The van der Waals surface area contributed by atoms with Gasteiger partial charge < -0.3 is 68.7 Å². The first-order valence-electron chi connectivity index (χ1n) is 14.5. The van der Waals surface area contributed by atoms with Gasteiger partial charge in [-0.2, -0.15) is 0 Å². The van der Waals surface area contributed by atoms with Gasteiger partial charge in [0.15, 0.2) is 0 Å². The lowest BCUT2D eigenvalue weighted by Gasteiger charge is -2.46. The van der Waals surface area contributed by atoms with E-state index in [-0.39, 0.29) is 0 Å². The summed E-state index contributed by atoms with van der Waals surface area (Å²) in [5.74, 6) is 0. The van der Waals surface area contributed by atoms with E-state index in [4.69, 9.17) is 75.0 Å². The fourth-order valence-corrected chi connectivity index (χ4v) is 38.5. The van der Waals surface area contributed by atoms with E-state index in [9.17, 15) is 4.80 Å². The molecule has 0 aromatic rings. The van der Waals surface area contributed by atoms with Crippen molar-refractivity contribution in [1.82, 2.24) is 0 Å². The number of hydrogen-bond donors (Lipinski definition) is 1. The Balaban J connectivity index is 2.83. The molecule has 2 rings (SSSR count). The predicted molar refractivity (Wildman–Crippen MR) is 176 cm³/mol. The molecule has 2 bridgehead atoms. The summed E-state index contributed by atoms with van der Waals surface area (Å²) in [7, 11) is -19.1. The first-order valence-corrected chi connectivity index (χ1v) is 32.6. The first kappa shape index (κ1) is 43.4. The van der Waals surface area contributed by atoms with Crippen LogP contribution in [0.15, 0.2) is 0 Å². The van der Waals surface area contributed by atoms with E-state index >= 15 is 0 Å². The molecule has 264 valence electrons. The van der Waals surface area contributed by atoms with Gasteiger partial charge in [0.05, 0.1) is 0 Å². The monoisotopic (exact) mass is 822 g/mol. The van der Waals surface area contributed by atoms with E-state index in [1.807, 2.05) is 27.3 Å². The van der Waals surface area contributed by atoms with Crippen molar-refractivity contribution in [3.63, 3.8) is 0 Å². The molecule has 0 aromatic carbocycles. The van der Waals surface area contributed by atoms with Crippen LogP contribution in [0.4, 0.5) is 0 Å². The third-order valence-electron chi connectivity index (χ3n) is 6.55. The summed E-state index contributed by atoms with van der Waals surface area (Å²) in [6, 6.07) is 1.51. The molecule has 1 unspecified atom stereocenters. The largest absolute Gasteiger partial charge is 0.882 e. The summed E-state index contributed by atoms with van der Waals surface area (Å²) in [6.45, 7) is 11.3. The molecule has 0 radical (unpaired) electrons. The topological polar surface area (TPSA) is 168 Å². The van der Waals surface area contributed by atoms with E-state index in [0.29, 0.717) is 31.0 Å². The molecule has 1 N–H and O–H groups in total. The highest BCUT2D eigenvalue weighted by Gasteiger charge is 2.71. The van der Waals surface area contributed by atoms with Crippen LogP contribution in [-0.4, -0.2) is 139 Å². The van der Waals surface area contributed by atoms with E-state index in [1.165, 1.54) is 42.7 Å². The molecule has 2 heterocycles. The molecule has 2 saturated heterocycles. The third-order valence-corrected chi connectivity index (χ3v) is 38.7. The molecule has 45 heavy (non-hydrogen) atoms. The zero-order valence-electron chi connectivity index (χ0n) is 28.3. The van der Waals surface area contributed by atoms with E-state index in [2.05, 4.69) is 0 Å². The highest BCUT2D eigenvalue weighted by molar-refractivity contribution is 7.17. The molecule has 0 saturated carbocycles. The Morgan fingerprint density at radius 1 is 0.622 bits per heavy atom. The molecule has 2 aliphatic heterocycles. The van der Waals surface area contributed by atoms with Gasteiger partial charge in [0, 0.05) is 42.7 Å². The number of hydrogen-bond acceptors (Lipinski definition) is 17. The van der Waals surface area contributed by atoms with Gasteiger partial charge in [-0.15, -0.1) is 11.1 Å². The predicted octanol–water partition coefficient (Wildman–Crippen LogP) is 2.45. The number of fused-ring (bicyclic) bond motifs is 2. The van der Waals surface area contributed by atoms with E-state index < -0.39 is 91.2 Å². The van der Waals surface area contributed by atoms with Gasteiger partial charge in [0.2, 0.25) is 0 Å². The van der Waals surface area contributed by atoms with Crippen LogP contribution < -0.4 is 0 Å². The molecule has 0 aliphatic carbocycles. The lowest BCUT2D eigenvalue weighted by atomic mass is 10.6.